The molecule has 308 valence electrons. The molecule has 5 aromatic rings. The van der Waals surface area contributed by atoms with Gasteiger partial charge in [-0.1, -0.05) is 109 Å². The molecular weight excluding hydrogens is 778 g/mol. The van der Waals surface area contributed by atoms with Gasteiger partial charge in [-0.2, -0.15) is 0 Å². The molecule has 4 heterocycles. The summed E-state index contributed by atoms with van der Waals surface area (Å²) >= 11 is 6.77. The number of aliphatic hydroxyl groups excluding tert-OH is 1. The van der Waals surface area contributed by atoms with Gasteiger partial charge in [0.15, 0.2) is 5.60 Å². The molecular formula is C47H54ClN5O5Si. The third-order valence-corrected chi connectivity index (χ3v) is 17.7. The average molecular weight is 833 g/mol. The number of halogens is 1. The number of hydrogen-bond donors (Lipinski definition) is 1. The minimum atomic E-state index is -2.39. The predicted molar refractivity (Wildman–Crippen MR) is 234 cm³/mol. The molecule has 2 saturated heterocycles. The molecule has 0 bridgehead atoms. The number of aliphatic hydroxyl groups is 1. The molecule has 3 aliphatic rings. The van der Waals surface area contributed by atoms with E-state index in [9.17, 15) is 9.90 Å². The van der Waals surface area contributed by atoms with Gasteiger partial charge in [0.1, 0.15) is 5.75 Å². The van der Waals surface area contributed by atoms with E-state index in [0.717, 1.165) is 66.0 Å². The number of amides is 2. The largest absolute Gasteiger partial charge is 0.497 e. The number of carbonyl (C=O) groups is 2. The number of nitrogens with zero attached hydrogens (tertiary/aromatic N) is 5. The Hall–Kier alpha value is -4.81. The molecule has 0 radical (unpaired) electrons. The van der Waals surface area contributed by atoms with Gasteiger partial charge in [0.25, 0.3) is 5.91 Å². The van der Waals surface area contributed by atoms with Crippen molar-refractivity contribution in [1.29, 1.82) is 0 Å². The Morgan fingerprint density at radius 2 is 1.71 bits per heavy atom. The summed E-state index contributed by atoms with van der Waals surface area (Å²) in [7, 11) is -0.718. The number of aromatic nitrogens is 3. The molecule has 1 aromatic heterocycles. The van der Waals surface area contributed by atoms with Crippen molar-refractivity contribution in [3.8, 4) is 5.75 Å². The maximum absolute atomic E-state index is 15.4. The topological polar surface area (TPSA) is 110 Å². The lowest BCUT2D eigenvalue weighted by molar-refractivity contribution is -0.146. The Kier molecular flexibility index (Phi) is 11.8. The summed E-state index contributed by atoms with van der Waals surface area (Å²) < 4.78 is 14.7. The lowest BCUT2D eigenvalue weighted by Gasteiger charge is -2.37. The van der Waals surface area contributed by atoms with Gasteiger partial charge in [0, 0.05) is 47.9 Å². The Bertz CT molecular complexity index is 2270. The number of methoxy groups -OCH3 is 1. The van der Waals surface area contributed by atoms with Crippen molar-refractivity contribution >= 4 is 48.1 Å². The van der Waals surface area contributed by atoms with E-state index < -0.39 is 13.7 Å². The van der Waals surface area contributed by atoms with E-state index in [1.165, 1.54) is 5.19 Å². The van der Waals surface area contributed by atoms with E-state index in [0.29, 0.717) is 36.6 Å². The highest BCUT2D eigenvalue weighted by Gasteiger charge is 2.66. The van der Waals surface area contributed by atoms with Crippen molar-refractivity contribution < 1.29 is 24.2 Å². The number of fused-ring (bicyclic) bond motifs is 2. The summed E-state index contributed by atoms with van der Waals surface area (Å²) in [5.41, 5.74) is 3.91. The lowest BCUT2D eigenvalue weighted by Crippen LogP contribution is -2.51. The van der Waals surface area contributed by atoms with Crippen LogP contribution in [0.1, 0.15) is 73.8 Å². The summed E-state index contributed by atoms with van der Waals surface area (Å²) in [6.07, 6.45) is 6.94. The molecule has 8 rings (SSSR count). The predicted octanol–water partition coefficient (Wildman–Crippen LogP) is 8.21. The minimum absolute atomic E-state index is 0.0266. The van der Waals surface area contributed by atoms with E-state index in [2.05, 4.69) is 42.5 Å². The van der Waals surface area contributed by atoms with Crippen molar-refractivity contribution in [1.82, 2.24) is 15.0 Å². The van der Waals surface area contributed by atoms with Crippen molar-refractivity contribution in [2.24, 2.45) is 5.92 Å². The van der Waals surface area contributed by atoms with E-state index in [-0.39, 0.29) is 41.9 Å². The molecule has 10 nitrogen and oxygen atoms in total. The van der Waals surface area contributed by atoms with Gasteiger partial charge in [-0.05, 0) is 78.4 Å². The van der Waals surface area contributed by atoms with Crippen LogP contribution in [-0.4, -0.2) is 66.4 Å². The quantitative estimate of drug-likeness (QED) is 0.126. The zero-order chi connectivity index (χ0) is 41.3. The fourth-order valence-corrected chi connectivity index (χ4v) is 14.2. The molecule has 1 unspecified atom stereocenters. The number of aryl methyl sites for hydroxylation is 1. The zero-order valence-electron chi connectivity index (χ0n) is 34.4. The van der Waals surface area contributed by atoms with Crippen LogP contribution in [0.15, 0.2) is 103 Å². The van der Waals surface area contributed by atoms with Crippen molar-refractivity contribution in [2.45, 2.75) is 94.8 Å². The molecule has 2 fully saturated rings. The molecule has 1 N–H and O–H groups in total. The SMILES string of the molecule is COc1ccc([Si](C)(C)[C@@H]2[C@@H](CCn3cc(C(CO)c4ccccc4)nn3)O[C@]3(C(=O)N(Cc4ccc(N5CCCCCCC5=O)cc4)c4ccc(Cl)cc43)[C@H]2C)cc1. The second-order valence-corrected chi connectivity index (χ2v) is 22.1. The van der Waals surface area contributed by atoms with Gasteiger partial charge in [0.2, 0.25) is 5.91 Å². The van der Waals surface area contributed by atoms with Crippen LogP contribution in [0.2, 0.25) is 23.7 Å². The van der Waals surface area contributed by atoms with Crippen molar-refractivity contribution in [3.63, 3.8) is 0 Å². The number of anilines is 2. The van der Waals surface area contributed by atoms with Crippen LogP contribution in [-0.2, 0) is 33.0 Å². The monoisotopic (exact) mass is 831 g/mol. The molecule has 2 amide bonds. The smallest absolute Gasteiger partial charge is 0.264 e. The van der Waals surface area contributed by atoms with Crippen molar-refractivity contribution in [2.75, 3.05) is 30.1 Å². The lowest BCUT2D eigenvalue weighted by atomic mass is 9.82. The second kappa shape index (κ2) is 17.0. The van der Waals surface area contributed by atoms with Gasteiger partial charge in [0.05, 0.1) is 51.7 Å². The minimum Gasteiger partial charge on any atom is -0.497 e. The number of ether oxygens (including phenoxy) is 2. The van der Waals surface area contributed by atoms with Crippen LogP contribution in [0, 0.1) is 5.92 Å². The Balaban J connectivity index is 1.11. The number of hydrogen-bond acceptors (Lipinski definition) is 7. The van der Waals surface area contributed by atoms with E-state index in [1.54, 1.807) is 7.11 Å². The first-order valence-electron chi connectivity index (χ1n) is 20.9. The summed E-state index contributed by atoms with van der Waals surface area (Å²) in [4.78, 5) is 32.1. The van der Waals surface area contributed by atoms with Crippen LogP contribution >= 0.6 is 11.6 Å². The van der Waals surface area contributed by atoms with Crippen LogP contribution in [0.5, 0.6) is 5.75 Å². The first kappa shape index (κ1) is 40.9. The van der Waals surface area contributed by atoms with Gasteiger partial charge in [-0.25, -0.2) is 0 Å². The fourth-order valence-electron chi connectivity index (χ4n) is 10.0. The molecule has 5 atom stereocenters. The molecule has 3 aliphatic heterocycles. The Morgan fingerprint density at radius 1 is 0.966 bits per heavy atom. The number of rotatable bonds is 12. The van der Waals surface area contributed by atoms with E-state index in [1.807, 2.05) is 106 Å². The number of carbonyl (C=O) groups excluding carboxylic acids is 2. The highest BCUT2D eigenvalue weighted by molar-refractivity contribution is 6.91. The Labute approximate surface area is 353 Å². The van der Waals surface area contributed by atoms with Crippen LogP contribution in [0.4, 0.5) is 11.4 Å². The third-order valence-electron chi connectivity index (χ3n) is 13.2. The van der Waals surface area contributed by atoms with Crippen LogP contribution in [0.25, 0.3) is 0 Å². The molecule has 0 aliphatic carbocycles. The summed E-state index contributed by atoms with van der Waals surface area (Å²) in [5.74, 6) is 0.394. The zero-order valence-corrected chi connectivity index (χ0v) is 36.1. The summed E-state index contributed by atoms with van der Waals surface area (Å²) in [5, 5.41) is 21.1. The standard InChI is InChI=1S/C47H54ClN5O5Si/c1-32-45(59(3,4)38-22-20-37(57-2)21-23-38)43(25-27-51-30-41(49-50-51)39(31-54)34-12-8-7-9-13-34)58-47(32)40-28-35(48)17-24-42(40)53(46(47)56)29-33-15-18-36(19-16-33)52-26-11-6-5-10-14-44(52)55/h7-9,12-13,15-24,28,30,32,39,43,45,54H,5-6,10-11,14,25-27,29,31H2,1-4H3/t32-,39?,43+,45-,47+/m0/s1. The number of benzene rings is 4. The van der Waals surface area contributed by atoms with Gasteiger partial charge in [-0.15, -0.1) is 5.10 Å². The van der Waals surface area contributed by atoms with Crippen molar-refractivity contribution in [3.05, 3.63) is 131 Å². The molecule has 12 heteroatoms. The van der Waals surface area contributed by atoms with E-state index >= 15 is 4.79 Å². The third kappa shape index (κ3) is 7.74. The maximum Gasteiger partial charge on any atom is 0.264 e. The molecule has 4 aromatic carbocycles. The summed E-state index contributed by atoms with van der Waals surface area (Å²) in [6, 6.07) is 32.0. The first-order valence-corrected chi connectivity index (χ1v) is 24.4. The van der Waals surface area contributed by atoms with Gasteiger partial charge >= 0.3 is 0 Å². The van der Waals surface area contributed by atoms with Crippen LogP contribution in [0.3, 0.4) is 0 Å². The second-order valence-electron chi connectivity index (χ2n) is 16.9. The molecule has 1 spiro atoms. The molecule has 59 heavy (non-hydrogen) atoms. The Morgan fingerprint density at radius 3 is 2.44 bits per heavy atom. The average Bonchev–Trinajstić information content (AvgIpc) is 3.90. The van der Waals surface area contributed by atoms with E-state index in [4.69, 9.17) is 21.1 Å². The summed E-state index contributed by atoms with van der Waals surface area (Å²) in [6.45, 7) is 8.44. The normalized spacial score (nSPS) is 22.7. The maximum atomic E-state index is 15.4. The van der Waals surface area contributed by atoms with Gasteiger partial charge < -0.3 is 24.4 Å². The first-order chi connectivity index (χ1) is 28.5. The van der Waals surface area contributed by atoms with Gasteiger partial charge in [-0.3, -0.25) is 14.3 Å². The van der Waals surface area contributed by atoms with Crippen LogP contribution < -0.4 is 19.7 Å². The fraction of sp³-hybridized carbons (Fsp3) is 0.404. The molecule has 0 saturated carbocycles. The highest BCUT2D eigenvalue weighted by atomic mass is 35.5. The highest BCUT2D eigenvalue weighted by Crippen LogP contribution is 2.60.